The number of nitrogens with two attached hydrogens (primary N) is 1. The van der Waals surface area contributed by atoms with Crippen LogP contribution in [0.5, 0.6) is 0 Å². The van der Waals surface area contributed by atoms with Crippen LogP contribution in [0.15, 0.2) is 0 Å². The van der Waals surface area contributed by atoms with Gasteiger partial charge >= 0.3 is 0 Å². The molecule has 0 saturated carbocycles. The zero-order valence-corrected chi connectivity index (χ0v) is 13.6. The Kier molecular flexibility index (Phi) is 13.2. The summed E-state index contributed by atoms with van der Waals surface area (Å²) in [6.07, 6.45) is 1.75. The lowest BCUT2D eigenvalue weighted by molar-refractivity contribution is -0.119. The number of nitrogens with zero attached hydrogens (tertiary/aromatic N) is 1. The Balaban J connectivity index is 3.70. The first kappa shape index (κ1) is 19.6. The number of hydrogen-bond donors (Lipinski definition) is 5. The Bertz CT molecular complexity index is 256. The molecule has 0 aromatic rings. The molecule has 0 aliphatic rings. The van der Waals surface area contributed by atoms with E-state index in [2.05, 4.69) is 40.8 Å². The number of carbonyl (C=O) groups excluding carboxylic acids is 2. The van der Waals surface area contributed by atoms with Crippen molar-refractivity contribution >= 4 is 37.1 Å². The molecule has 0 saturated heterocycles. The number of thiol groups is 2. The van der Waals surface area contributed by atoms with E-state index in [9.17, 15) is 9.59 Å². The monoisotopic (exact) mass is 322 g/mol. The highest BCUT2D eigenvalue weighted by Crippen LogP contribution is 1.93. The van der Waals surface area contributed by atoms with Gasteiger partial charge in [0.25, 0.3) is 0 Å². The average Bonchev–Trinajstić information content (AvgIpc) is 2.46. The minimum absolute atomic E-state index is 0.0480. The molecular weight excluding hydrogens is 296 g/mol. The maximum absolute atomic E-state index is 11.0. The molecule has 0 radical (unpaired) electrons. The van der Waals surface area contributed by atoms with Gasteiger partial charge in [-0.15, -0.1) is 0 Å². The van der Waals surface area contributed by atoms with E-state index in [1.54, 1.807) is 0 Å². The summed E-state index contributed by atoms with van der Waals surface area (Å²) < 4.78 is 0. The van der Waals surface area contributed by atoms with Crippen LogP contribution in [-0.4, -0.2) is 67.5 Å². The highest BCUT2D eigenvalue weighted by molar-refractivity contribution is 7.81. The third-order valence-corrected chi connectivity index (χ3v) is 3.25. The van der Waals surface area contributed by atoms with Crippen molar-refractivity contribution in [2.75, 3.05) is 50.8 Å². The fourth-order valence-corrected chi connectivity index (χ4v) is 1.91. The first-order valence-electron chi connectivity index (χ1n) is 6.81. The van der Waals surface area contributed by atoms with Crippen molar-refractivity contribution < 1.29 is 9.59 Å². The molecule has 0 aliphatic heterocycles. The molecule has 0 aromatic carbocycles. The van der Waals surface area contributed by atoms with Crippen LogP contribution in [0.4, 0.5) is 0 Å². The molecule has 118 valence electrons. The van der Waals surface area contributed by atoms with Crippen LogP contribution < -0.4 is 16.4 Å². The van der Waals surface area contributed by atoms with Crippen LogP contribution in [0, 0.1) is 0 Å². The lowest BCUT2D eigenvalue weighted by atomic mass is 10.3. The molecular formula is C12H26N4O2S2. The third-order valence-electron chi connectivity index (χ3n) is 2.68. The van der Waals surface area contributed by atoms with Gasteiger partial charge in [-0.1, -0.05) is 0 Å². The Labute approximate surface area is 132 Å². The topological polar surface area (TPSA) is 87.5 Å². The normalized spacial score (nSPS) is 10.6. The molecule has 8 heteroatoms. The van der Waals surface area contributed by atoms with E-state index in [1.165, 1.54) is 0 Å². The number of nitrogens with one attached hydrogen (secondary N) is 2. The summed E-state index contributed by atoms with van der Waals surface area (Å²) in [5.41, 5.74) is 5.58. The minimum atomic E-state index is -0.0480. The van der Waals surface area contributed by atoms with Gasteiger partial charge in [-0.2, -0.15) is 25.3 Å². The molecule has 0 fully saturated rings. The summed E-state index contributed by atoms with van der Waals surface area (Å²) in [5, 5.41) is 5.56. The fourth-order valence-electron chi connectivity index (χ4n) is 1.69. The Morgan fingerprint density at radius 3 is 1.70 bits per heavy atom. The summed E-state index contributed by atoms with van der Waals surface area (Å²) in [7, 11) is 0. The molecule has 0 spiro atoms. The molecule has 0 heterocycles. The standard InChI is InChI=1S/C12H26N4O2S2/c13-3-8-16(6-1-4-14-11(17)9-19)7-2-5-15-12(18)10-20/h19-20H,1-10,13H2,(H,14,17)(H,15,18). The number of carbonyl (C=O) groups is 2. The van der Waals surface area contributed by atoms with E-state index in [0.717, 1.165) is 32.5 Å². The second-order valence-electron chi connectivity index (χ2n) is 4.35. The van der Waals surface area contributed by atoms with Gasteiger partial charge in [-0.3, -0.25) is 9.59 Å². The fraction of sp³-hybridized carbons (Fsp3) is 0.833. The molecule has 2 amide bonds. The molecule has 0 rings (SSSR count). The number of amides is 2. The number of rotatable bonds is 12. The second kappa shape index (κ2) is 13.5. The van der Waals surface area contributed by atoms with Crippen molar-refractivity contribution in [1.82, 2.24) is 15.5 Å². The van der Waals surface area contributed by atoms with Gasteiger partial charge < -0.3 is 21.3 Å². The van der Waals surface area contributed by atoms with Crippen molar-refractivity contribution in [3.05, 3.63) is 0 Å². The van der Waals surface area contributed by atoms with E-state index in [-0.39, 0.29) is 23.3 Å². The summed E-state index contributed by atoms with van der Waals surface area (Å²) in [6.45, 7) is 4.48. The van der Waals surface area contributed by atoms with Crippen molar-refractivity contribution in [2.24, 2.45) is 5.73 Å². The van der Waals surface area contributed by atoms with Crippen LogP contribution in [0.25, 0.3) is 0 Å². The van der Waals surface area contributed by atoms with Crippen molar-refractivity contribution in [3.63, 3.8) is 0 Å². The van der Waals surface area contributed by atoms with Crippen LogP contribution in [0.1, 0.15) is 12.8 Å². The molecule has 0 atom stereocenters. The van der Waals surface area contributed by atoms with Crippen molar-refractivity contribution in [2.45, 2.75) is 12.8 Å². The van der Waals surface area contributed by atoms with Crippen LogP contribution in [0.3, 0.4) is 0 Å². The second-order valence-corrected chi connectivity index (χ2v) is 4.99. The first-order valence-corrected chi connectivity index (χ1v) is 8.08. The smallest absolute Gasteiger partial charge is 0.229 e. The molecule has 0 unspecified atom stereocenters. The Morgan fingerprint density at radius 1 is 0.900 bits per heavy atom. The van der Waals surface area contributed by atoms with E-state index in [4.69, 9.17) is 5.73 Å². The van der Waals surface area contributed by atoms with Gasteiger partial charge in [-0.25, -0.2) is 0 Å². The predicted molar refractivity (Wildman–Crippen MR) is 88.5 cm³/mol. The highest BCUT2D eigenvalue weighted by Gasteiger charge is 2.04. The van der Waals surface area contributed by atoms with Gasteiger partial charge in [0, 0.05) is 26.2 Å². The maximum atomic E-state index is 11.0. The molecule has 0 aromatic heterocycles. The number of hydrogen-bond acceptors (Lipinski definition) is 6. The minimum Gasteiger partial charge on any atom is -0.355 e. The molecule has 4 N–H and O–H groups in total. The average molecular weight is 323 g/mol. The van der Waals surface area contributed by atoms with Crippen molar-refractivity contribution in [3.8, 4) is 0 Å². The maximum Gasteiger partial charge on any atom is 0.229 e. The zero-order chi connectivity index (χ0) is 15.2. The predicted octanol–water partition coefficient (Wildman–Crippen LogP) is -0.881. The molecule has 0 aliphatic carbocycles. The lowest BCUT2D eigenvalue weighted by Crippen LogP contribution is -2.35. The van der Waals surface area contributed by atoms with E-state index >= 15 is 0 Å². The molecule has 6 nitrogen and oxygen atoms in total. The largest absolute Gasteiger partial charge is 0.355 e. The summed E-state index contributed by atoms with van der Waals surface area (Å²) in [4.78, 5) is 24.3. The SMILES string of the molecule is NCCN(CCCNC(=O)CS)CCCNC(=O)CS. The lowest BCUT2D eigenvalue weighted by Gasteiger charge is -2.21. The summed E-state index contributed by atoms with van der Waals surface area (Å²) >= 11 is 7.79. The van der Waals surface area contributed by atoms with Gasteiger partial charge in [0.15, 0.2) is 0 Å². The van der Waals surface area contributed by atoms with Crippen molar-refractivity contribution in [1.29, 1.82) is 0 Å². The summed E-state index contributed by atoms with van der Waals surface area (Å²) in [6, 6.07) is 0. The van der Waals surface area contributed by atoms with Crippen LogP contribution in [-0.2, 0) is 9.59 Å². The summed E-state index contributed by atoms with van der Waals surface area (Å²) in [5.74, 6) is 0.343. The van der Waals surface area contributed by atoms with Gasteiger partial charge in [0.1, 0.15) is 0 Å². The van der Waals surface area contributed by atoms with Gasteiger partial charge in [0.05, 0.1) is 11.5 Å². The first-order chi connectivity index (χ1) is 9.63. The van der Waals surface area contributed by atoms with E-state index in [0.29, 0.717) is 19.6 Å². The Morgan fingerprint density at radius 2 is 1.35 bits per heavy atom. The Hall–Kier alpha value is -0.440. The van der Waals surface area contributed by atoms with Gasteiger partial charge in [-0.05, 0) is 25.9 Å². The van der Waals surface area contributed by atoms with E-state index in [1.807, 2.05) is 0 Å². The van der Waals surface area contributed by atoms with E-state index < -0.39 is 0 Å². The highest BCUT2D eigenvalue weighted by atomic mass is 32.1. The third kappa shape index (κ3) is 11.4. The van der Waals surface area contributed by atoms with Gasteiger partial charge in [0.2, 0.25) is 11.8 Å². The molecule has 20 heavy (non-hydrogen) atoms. The van der Waals surface area contributed by atoms with Crippen LogP contribution in [0.2, 0.25) is 0 Å². The zero-order valence-electron chi connectivity index (χ0n) is 11.8. The molecule has 0 bridgehead atoms. The van der Waals surface area contributed by atoms with Crippen LogP contribution >= 0.6 is 25.3 Å². The quantitative estimate of drug-likeness (QED) is 0.239.